The molecule has 0 spiro atoms. The zero-order valence-corrected chi connectivity index (χ0v) is 10.6. The minimum Gasteiger partial charge on any atom is -0.361 e. The Bertz CT molecular complexity index is 520. The Labute approximate surface area is 106 Å². The van der Waals surface area contributed by atoms with Crippen LogP contribution in [0.1, 0.15) is 17.0 Å². The minimum absolute atomic E-state index is 0.0712. The minimum atomic E-state index is 0.0712. The fourth-order valence-corrected chi connectivity index (χ4v) is 1.73. The highest BCUT2D eigenvalue weighted by atomic mass is 16.5. The van der Waals surface area contributed by atoms with Crippen LogP contribution in [-0.2, 0) is 17.8 Å². The van der Waals surface area contributed by atoms with Crippen LogP contribution in [0.2, 0.25) is 0 Å². The maximum atomic E-state index is 12.0. The lowest BCUT2D eigenvalue weighted by Gasteiger charge is -2.15. The molecule has 1 aromatic heterocycles. The number of nitrogens with zero attached hydrogens (tertiary/aromatic N) is 2. The zero-order valence-electron chi connectivity index (χ0n) is 10.6. The molecule has 0 saturated carbocycles. The van der Waals surface area contributed by atoms with Crippen LogP contribution >= 0.6 is 0 Å². The lowest BCUT2D eigenvalue weighted by atomic mass is 10.1. The van der Waals surface area contributed by atoms with Crippen LogP contribution in [0.15, 0.2) is 40.9 Å². The molecule has 0 saturated heterocycles. The van der Waals surface area contributed by atoms with Gasteiger partial charge in [-0.2, -0.15) is 0 Å². The predicted octanol–water partition coefficient (Wildman–Crippen LogP) is 2.18. The van der Waals surface area contributed by atoms with Gasteiger partial charge in [0.15, 0.2) is 0 Å². The van der Waals surface area contributed by atoms with Crippen molar-refractivity contribution in [2.24, 2.45) is 0 Å². The number of aryl methyl sites for hydroxylation is 1. The van der Waals surface area contributed by atoms with Crippen molar-refractivity contribution in [3.05, 3.63) is 53.4 Å². The Hall–Kier alpha value is -2.10. The zero-order chi connectivity index (χ0) is 13.0. The van der Waals surface area contributed by atoms with Crippen LogP contribution in [0, 0.1) is 6.92 Å². The molecule has 0 N–H and O–H groups in total. The molecule has 1 aromatic carbocycles. The first kappa shape index (κ1) is 12.4. The van der Waals surface area contributed by atoms with Crippen molar-refractivity contribution in [1.29, 1.82) is 0 Å². The summed E-state index contributed by atoms with van der Waals surface area (Å²) in [5.74, 6) is 0.829. The summed E-state index contributed by atoms with van der Waals surface area (Å²) >= 11 is 0. The lowest BCUT2D eigenvalue weighted by Crippen LogP contribution is -2.27. The summed E-state index contributed by atoms with van der Waals surface area (Å²) < 4.78 is 4.98. The third kappa shape index (κ3) is 3.20. The largest absolute Gasteiger partial charge is 0.361 e. The van der Waals surface area contributed by atoms with Gasteiger partial charge in [0.05, 0.1) is 13.0 Å². The van der Waals surface area contributed by atoms with Crippen LogP contribution in [0.25, 0.3) is 0 Å². The van der Waals surface area contributed by atoms with Gasteiger partial charge < -0.3 is 9.42 Å². The van der Waals surface area contributed by atoms with Crippen molar-refractivity contribution in [3.63, 3.8) is 0 Å². The molecule has 94 valence electrons. The molecular weight excluding hydrogens is 228 g/mol. The van der Waals surface area contributed by atoms with E-state index in [0.29, 0.717) is 13.0 Å². The molecule has 4 nitrogen and oxygen atoms in total. The first-order chi connectivity index (χ1) is 8.65. The summed E-state index contributed by atoms with van der Waals surface area (Å²) in [6, 6.07) is 11.5. The maximum absolute atomic E-state index is 12.0. The van der Waals surface area contributed by atoms with Crippen molar-refractivity contribution >= 4 is 5.91 Å². The number of carbonyl (C=O) groups excluding carboxylic acids is 1. The number of carbonyl (C=O) groups is 1. The summed E-state index contributed by atoms with van der Waals surface area (Å²) in [7, 11) is 1.77. The molecule has 1 amide bonds. The van der Waals surface area contributed by atoms with Gasteiger partial charge in [-0.15, -0.1) is 0 Å². The summed E-state index contributed by atoms with van der Waals surface area (Å²) in [4.78, 5) is 13.6. The second-order valence-electron chi connectivity index (χ2n) is 4.34. The molecule has 0 bridgehead atoms. The monoisotopic (exact) mass is 244 g/mol. The number of rotatable bonds is 4. The van der Waals surface area contributed by atoms with Crippen LogP contribution in [0.3, 0.4) is 0 Å². The Morgan fingerprint density at radius 1 is 1.33 bits per heavy atom. The number of likely N-dealkylation sites (N-methyl/N-ethyl adjacent to an activating group) is 1. The van der Waals surface area contributed by atoms with Gasteiger partial charge in [0.1, 0.15) is 11.5 Å². The van der Waals surface area contributed by atoms with E-state index in [0.717, 1.165) is 17.0 Å². The van der Waals surface area contributed by atoms with Gasteiger partial charge in [0.2, 0.25) is 5.91 Å². The van der Waals surface area contributed by atoms with Gasteiger partial charge in [-0.3, -0.25) is 4.79 Å². The van der Waals surface area contributed by atoms with Crippen molar-refractivity contribution in [3.8, 4) is 0 Å². The topological polar surface area (TPSA) is 46.3 Å². The third-order valence-corrected chi connectivity index (χ3v) is 2.70. The van der Waals surface area contributed by atoms with E-state index in [1.165, 1.54) is 0 Å². The molecule has 0 radical (unpaired) electrons. The normalized spacial score (nSPS) is 10.3. The van der Waals surface area contributed by atoms with Crippen molar-refractivity contribution in [1.82, 2.24) is 10.1 Å². The summed E-state index contributed by atoms with van der Waals surface area (Å²) in [5, 5.41) is 3.88. The summed E-state index contributed by atoms with van der Waals surface area (Å²) in [6.45, 7) is 2.31. The number of aromatic nitrogens is 1. The van der Waals surface area contributed by atoms with E-state index in [1.54, 1.807) is 11.9 Å². The summed E-state index contributed by atoms with van der Waals surface area (Å²) in [6.07, 6.45) is 0.411. The highest BCUT2D eigenvalue weighted by Crippen LogP contribution is 2.07. The molecule has 0 aliphatic heterocycles. The molecule has 18 heavy (non-hydrogen) atoms. The maximum Gasteiger partial charge on any atom is 0.227 e. The average molecular weight is 244 g/mol. The molecule has 0 aliphatic rings. The molecule has 4 heteroatoms. The fourth-order valence-electron chi connectivity index (χ4n) is 1.73. The van der Waals surface area contributed by atoms with Gasteiger partial charge in [-0.25, -0.2) is 0 Å². The van der Waals surface area contributed by atoms with Crippen LogP contribution < -0.4 is 0 Å². The van der Waals surface area contributed by atoms with Crippen molar-refractivity contribution < 1.29 is 9.32 Å². The molecule has 2 rings (SSSR count). The van der Waals surface area contributed by atoms with Gasteiger partial charge in [-0.05, 0) is 12.5 Å². The van der Waals surface area contributed by atoms with Crippen LogP contribution in [0.4, 0.5) is 0 Å². The van der Waals surface area contributed by atoms with Crippen molar-refractivity contribution in [2.45, 2.75) is 19.9 Å². The number of hydrogen-bond donors (Lipinski definition) is 0. The second kappa shape index (κ2) is 5.49. The Kier molecular flexibility index (Phi) is 3.77. The molecule has 0 atom stereocenters. The van der Waals surface area contributed by atoms with E-state index >= 15 is 0 Å². The number of amides is 1. The van der Waals surface area contributed by atoms with E-state index in [4.69, 9.17) is 4.52 Å². The Balaban J connectivity index is 1.93. The van der Waals surface area contributed by atoms with Gasteiger partial charge in [0.25, 0.3) is 0 Å². The summed E-state index contributed by atoms with van der Waals surface area (Å²) in [5.41, 5.74) is 1.79. The Morgan fingerprint density at radius 3 is 2.67 bits per heavy atom. The average Bonchev–Trinajstić information content (AvgIpc) is 2.76. The highest BCUT2D eigenvalue weighted by Gasteiger charge is 2.11. The number of hydrogen-bond acceptors (Lipinski definition) is 3. The molecule has 2 aromatic rings. The Morgan fingerprint density at radius 2 is 2.06 bits per heavy atom. The SMILES string of the molecule is Cc1cc(CN(C)C(=O)Cc2ccccc2)no1. The van der Waals surface area contributed by atoms with Crippen molar-refractivity contribution in [2.75, 3.05) is 7.05 Å². The quantitative estimate of drug-likeness (QED) is 0.828. The van der Waals surface area contributed by atoms with E-state index in [-0.39, 0.29) is 5.91 Å². The van der Waals surface area contributed by atoms with Gasteiger partial charge in [-0.1, -0.05) is 35.5 Å². The standard InChI is InChI=1S/C14H16N2O2/c1-11-8-13(15-18-11)10-16(2)14(17)9-12-6-4-3-5-7-12/h3-8H,9-10H2,1-2H3. The molecule has 0 aliphatic carbocycles. The lowest BCUT2D eigenvalue weighted by molar-refractivity contribution is -0.129. The molecule has 0 unspecified atom stereocenters. The fraction of sp³-hybridized carbons (Fsp3) is 0.286. The van der Waals surface area contributed by atoms with Crippen LogP contribution in [-0.4, -0.2) is 23.0 Å². The van der Waals surface area contributed by atoms with E-state index in [9.17, 15) is 4.79 Å². The van der Waals surface area contributed by atoms with Gasteiger partial charge >= 0.3 is 0 Å². The van der Waals surface area contributed by atoms with E-state index in [2.05, 4.69) is 5.16 Å². The second-order valence-corrected chi connectivity index (χ2v) is 4.34. The smallest absolute Gasteiger partial charge is 0.227 e. The molecular formula is C14H16N2O2. The van der Waals surface area contributed by atoms with Crippen LogP contribution in [0.5, 0.6) is 0 Å². The first-order valence-electron chi connectivity index (χ1n) is 5.85. The predicted molar refractivity (Wildman–Crippen MR) is 67.9 cm³/mol. The molecule has 1 heterocycles. The third-order valence-electron chi connectivity index (χ3n) is 2.70. The van der Waals surface area contributed by atoms with Gasteiger partial charge in [0, 0.05) is 13.1 Å². The number of benzene rings is 1. The van der Waals surface area contributed by atoms with E-state index in [1.807, 2.05) is 43.3 Å². The first-order valence-corrected chi connectivity index (χ1v) is 5.85. The molecule has 0 fully saturated rings. The van der Waals surface area contributed by atoms with E-state index < -0.39 is 0 Å². The highest BCUT2D eigenvalue weighted by molar-refractivity contribution is 5.78.